The summed E-state index contributed by atoms with van der Waals surface area (Å²) in [7, 11) is 13.7. The molecule has 0 spiro atoms. The lowest BCUT2D eigenvalue weighted by Crippen LogP contribution is -2.39. The van der Waals surface area contributed by atoms with Gasteiger partial charge in [-0.15, -0.1) is 5.46 Å². The molecule has 0 saturated carbocycles. The topological polar surface area (TPSA) is 17.1 Å². The minimum absolute atomic E-state index is 0.118. The van der Waals surface area contributed by atoms with E-state index >= 15 is 0 Å². The van der Waals surface area contributed by atoms with Crippen LogP contribution in [0, 0.1) is 55.4 Å². The van der Waals surface area contributed by atoms with E-state index in [1.807, 2.05) is 27.7 Å². The Balaban J connectivity index is 2.62. The second kappa shape index (κ2) is 7.51. The molecule has 0 heterocycles. The fourth-order valence-corrected chi connectivity index (χ4v) is 3.89. The number of benzene rings is 2. The lowest BCUT2D eigenvalue weighted by Gasteiger charge is -2.22. The Morgan fingerprint density at radius 2 is 1.15 bits per heavy atom. The molecule has 0 unspecified atom stereocenters. The first-order chi connectivity index (χ1) is 12.0. The van der Waals surface area contributed by atoms with Gasteiger partial charge in [0.2, 0.25) is 0 Å². The number of rotatable bonds is 4. The number of Topliss-reactive ketones (excluding diaryl/α,β-unsaturated/α-hetero) is 1. The predicted molar refractivity (Wildman–Crippen MR) is 115 cm³/mol. The molecule has 5 radical (unpaired) electrons. The van der Waals surface area contributed by atoms with Gasteiger partial charge < -0.3 is 0 Å². The van der Waals surface area contributed by atoms with Gasteiger partial charge in [-0.2, -0.15) is 0 Å². The maximum absolute atomic E-state index is 13.3. The van der Waals surface area contributed by atoms with Gasteiger partial charge in [0, 0.05) is 19.7 Å². The van der Waals surface area contributed by atoms with E-state index in [-0.39, 0.29) is 5.78 Å². The minimum Gasteiger partial charge on any atom is -0.294 e. The number of hydrogen-bond donors (Lipinski definition) is 0. The van der Waals surface area contributed by atoms with Gasteiger partial charge in [-0.1, -0.05) is 11.0 Å². The molecule has 26 heavy (non-hydrogen) atoms. The molecular weight excluding hydrogens is 313 g/mol. The quantitative estimate of drug-likeness (QED) is 0.619. The van der Waals surface area contributed by atoms with E-state index < -0.39 is 0 Å². The lowest BCUT2D eigenvalue weighted by molar-refractivity contribution is 0.0991. The molecular formula is C22H26B3O. The Morgan fingerprint density at radius 1 is 0.731 bits per heavy atom. The van der Waals surface area contributed by atoms with Crippen LogP contribution in [-0.2, 0) is 6.42 Å². The summed E-state index contributed by atoms with van der Waals surface area (Å²) in [5, 5.41) is 0. The van der Waals surface area contributed by atoms with Crippen LogP contribution in [0.5, 0.6) is 0 Å². The van der Waals surface area contributed by atoms with Crippen LogP contribution in [0.2, 0.25) is 0 Å². The van der Waals surface area contributed by atoms with Crippen molar-refractivity contribution >= 4 is 39.5 Å². The molecule has 1 nitrogen and oxygen atoms in total. The fraction of sp³-hybridized carbons (Fsp3) is 0.409. The lowest BCUT2D eigenvalue weighted by atomic mass is 9.47. The van der Waals surface area contributed by atoms with Crippen LogP contribution in [0.4, 0.5) is 0 Å². The van der Waals surface area contributed by atoms with Crippen molar-refractivity contribution in [2.24, 2.45) is 0 Å². The van der Waals surface area contributed by atoms with Gasteiger partial charge in [-0.05, 0) is 99.9 Å². The smallest absolute Gasteiger partial charge is 0.167 e. The molecule has 0 aromatic heterocycles. The fourth-order valence-electron chi connectivity index (χ4n) is 3.89. The molecule has 0 N–H and O–H groups in total. The van der Waals surface area contributed by atoms with Crippen molar-refractivity contribution in [1.29, 1.82) is 0 Å². The van der Waals surface area contributed by atoms with E-state index in [9.17, 15) is 4.79 Å². The second-order valence-electron chi connectivity index (χ2n) is 7.45. The number of carbonyl (C=O) groups excluding carboxylic acids is 1. The van der Waals surface area contributed by atoms with Gasteiger partial charge in [0.1, 0.15) is 7.85 Å². The third-order valence-electron chi connectivity index (χ3n) is 6.38. The Kier molecular flexibility index (Phi) is 5.95. The van der Waals surface area contributed by atoms with Gasteiger partial charge in [0.25, 0.3) is 0 Å². The molecule has 0 amide bonds. The monoisotopic (exact) mass is 339 g/mol. The van der Waals surface area contributed by atoms with E-state index in [4.69, 9.17) is 15.6 Å². The normalized spacial score (nSPS) is 10.9. The first-order valence-electron chi connectivity index (χ1n) is 9.07. The van der Waals surface area contributed by atoms with Crippen LogP contribution < -0.4 is 10.9 Å². The molecule has 0 atom stereocenters. The maximum atomic E-state index is 13.3. The Hall–Kier alpha value is -1.70. The van der Waals surface area contributed by atoms with Crippen molar-refractivity contribution in [2.45, 2.75) is 61.8 Å². The SMILES string of the molecule is [B][B]c1c([B])c(CC(=O)c2c(C)c(C)c(C)c(C)c2C)c(C)c(C)c1C. The van der Waals surface area contributed by atoms with E-state index in [1.54, 1.807) is 7.17 Å². The van der Waals surface area contributed by atoms with Crippen LogP contribution >= 0.6 is 0 Å². The molecule has 2 aromatic carbocycles. The maximum Gasteiger partial charge on any atom is 0.167 e. The van der Waals surface area contributed by atoms with Crippen LogP contribution in [0.3, 0.4) is 0 Å². The summed E-state index contributed by atoms with van der Waals surface area (Å²) in [6.45, 7) is 16.5. The van der Waals surface area contributed by atoms with Crippen molar-refractivity contribution in [3.05, 3.63) is 55.6 Å². The van der Waals surface area contributed by atoms with Crippen molar-refractivity contribution in [3.8, 4) is 0 Å². The van der Waals surface area contributed by atoms with Crippen LogP contribution in [0.1, 0.15) is 60.4 Å². The average Bonchev–Trinajstić information content (AvgIpc) is 2.61. The Bertz CT molecular complexity index is 882. The molecule has 0 aliphatic heterocycles. The highest BCUT2D eigenvalue weighted by Gasteiger charge is 2.21. The van der Waals surface area contributed by atoms with Crippen molar-refractivity contribution in [2.75, 3.05) is 0 Å². The summed E-state index contributed by atoms with van der Waals surface area (Å²) >= 11 is 0. The van der Waals surface area contributed by atoms with Gasteiger partial charge in [0.05, 0.1) is 7.17 Å². The molecule has 2 aromatic rings. The van der Waals surface area contributed by atoms with Gasteiger partial charge in [-0.3, -0.25) is 4.79 Å². The van der Waals surface area contributed by atoms with E-state index in [0.29, 0.717) is 11.9 Å². The average molecular weight is 339 g/mol. The summed E-state index contributed by atoms with van der Waals surface area (Å²) in [5.41, 5.74) is 12.3. The molecule has 129 valence electrons. The van der Waals surface area contributed by atoms with Crippen molar-refractivity contribution < 1.29 is 4.79 Å². The number of hydrogen-bond acceptors (Lipinski definition) is 1. The van der Waals surface area contributed by atoms with Gasteiger partial charge in [0.15, 0.2) is 5.78 Å². The highest BCUT2D eigenvalue weighted by atomic mass is 16.1. The summed E-state index contributed by atoms with van der Waals surface area (Å²) in [5.74, 6) is 0.118. The number of carbonyl (C=O) groups is 1. The second-order valence-corrected chi connectivity index (χ2v) is 7.45. The Labute approximate surface area is 162 Å². The first kappa shape index (κ1) is 20.6. The largest absolute Gasteiger partial charge is 0.294 e. The zero-order valence-corrected chi connectivity index (χ0v) is 17.3. The summed E-state index contributed by atoms with van der Waals surface area (Å²) in [6, 6.07) is 0. The first-order valence-corrected chi connectivity index (χ1v) is 9.07. The standard InChI is InChI=1S/C22H26B3O/c1-10-11(2)15(6)20(16(7)12(10)3)19(26)9-18-14(5)13(4)17(8)22(25-24)21(18)23/h9H2,1-8H3. The molecule has 0 aliphatic rings. The van der Waals surface area contributed by atoms with Crippen LogP contribution in [0.15, 0.2) is 0 Å². The minimum atomic E-state index is 0.118. The molecule has 0 aliphatic carbocycles. The van der Waals surface area contributed by atoms with E-state index in [1.165, 1.54) is 16.7 Å². The van der Waals surface area contributed by atoms with E-state index in [2.05, 4.69) is 27.7 Å². The van der Waals surface area contributed by atoms with Crippen molar-refractivity contribution in [1.82, 2.24) is 0 Å². The van der Waals surface area contributed by atoms with Gasteiger partial charge in [-0.25, -0.2) is 0 Å². The highest BCUT2D eigenvalue weighted by molar-refractivity contribution is 6.99. The zero-order chi connectivity index (χ0) is 19.9. The summed E-state index contributed by atoms with van der Waals surface area (Å²) in [4.78, 5) is 13.3. The summed E-state index contributed by atoms with van der Waals surface area (Å²) < 4.78 is 0. The van der Waals surface area contributed by atoms with Crippen LogP contribution in [-0.4, -0.2) is 28.5 Å². The highest BCUT2D eigenvalue weighted by Crippen LogP contribution is 2.27. The molecule has 0 saturated heterocycles. The van der Waals surface area contributed by atoms with E-state index in [0.717, 1.165) is 44.4 Å². The molecule has 4 heteroatoms. The molecule has 0 fully saturated rings. The zero-order valence-electron chi connectivity index (χ0n) is 17.3. The number of ketones is 1. The van der Waals surface area contributed by atoms with Gasteiger partial charge >= 0.3 is 0 Å². The molecule has 0 bridgehead atoms. The third-order valence-corrected chi connectivity index (χ3v) is 6.38. The summed E-state index contributed by atoms with van der Waals surface area (Å²) in [6.07, 6.45) is 0.295. The van der Waals surface area contributed by atoms with Crippen LogP contribution in [0.25, 0.3) is 0 Å². The third kappa shape index (κ3) is 3.19. The van der Waals surface area contributed by atoms with Crippen molar-refractivity contribution in [3.63, 3.8) is 0 Å². The predicted octanol–water partition coefficient (Wildman–Crippen LogP) is 2.79. The Morgan fingerprint density at radius 3 is 1.62 bits per heavy atom. The molecule has 2 rings (SSSR count).